The molecule has 10 heteroatoms. The minimum Gasteiger partial charge on any atom is -0.395 e. The molecule has 1 aliphatic heterocycles. The molecule has 1 aliphatic carbocycles. The van der Waals surface area contributed by atoms with Crippen molar-refractivity contribution in [1.82, 2.24) is 0 Å². The summed E-state index contributed by atoms with van der Waals surface area (Å²) in [7, 11) is -6.27. The lowest BCUT2D eigenvalue weighted by molar-refractivity contribution is 0.102. The first-order valence-electron chi connectivity index (χ1n) is 13.6. The Kier molecular flexibility index (Phi) is 9.25. The van der Waals surface area contributed by atoms with Gasteiger partial charge >= 0.3 is 0 Å². The summed E-state index contributed by atoms with van der Waals surface area (Å²) in [6.07, 6.45) is 5.93. The molecule has 2 aliphatic rings. The van der Waals surface area contributed by atoms with Gasteiger partial charge in [0.25, 0.3) is 5.91 Å². The number of allylic oxidation sites excluding steroid dienone is 1. The summed E-state index contributed by atoms with van der Waals surface area (Å²) in [4.78, 5) is 15.7. The van der Waals surface area contributed by atoms with E-state index in [-0.39, 0.29) is 11.6 Å². The molecule has 8 nitrogen and oxygen atoms in total. The third-order valence-corrected chi connectivity index (χ3v) is 12.4. The molecule has 1 unspecified atom stereocenters. The number of piperidine rings is 1. The Hall–Kier alpha value is -2.61. The number of nitrogens with one attached hydrogen (secondary N) is 2. The molecular formula is C29H40N3O5PS. The predicted octanol–water partition coefficient (Wildman–Crippen LogP) is 5.17. The van der Waals surface area contributed by atoms with Crippen molar-refractivity contribution in [2.75, 3.05) is 47.1 Å². The van der Waals surface area contributed by atoms with Crippen LogP contribution in [0.3, 0.4) is 0 Å². The molecule has 2 fully saturated rings. The van der Waals surface area contributed by atoms with Crippen LogP contribution in [0.5, 0.6) is 0 Å². The average molecular weight is 574 g/mol. The maximum Gasteiger partial charge on any atom is 0.257 e. The first-order chi connectivity index (χ1) is 18.5. The lowest BCUT2D eigenvalue weighted by Gasteiger charge is -2.32. The number of rotatable bonds is 9. The number of nitrogens with zero attached hydrogens (tertiary/aromatic N) is 1. The van der Waals surface area contributed by atoms with E-state index in [9.17, 15) is 17.8 Å². The molecular weight excluding hydrogens is 533 g/mol. The van der Waals surface area contributed by atoms with Gasteiger partial charge in [0.2, 0.25) is 10.0 Å². The first-order valence-corrected chi connectivity index (χ1v) is 17.5. The van der Waals surface area contributed by atoms with Crippen molar-refractivity contribution < 1.29 is 22.9 Å². The molecule has 0 aromatic heterocycles. The van der Waals surface area contributed by atoms with Gasteiger partial charge in [0.15, 0.2) is 0 Å². The number of carbonyl (C=O) groups is 1. The Morgan fingerprint density at radius 1 is 1.05 bits per heavy atom. The zero-order valence-electron chi connectivity index (χ0n) is 23.1. The maximum absolute atomic E-state index is 13.7. The Morgan fingerprint density at radius 2 is 1.74 bits per heavy atom. The topological polar surface area (TPSA) is 116 Å². The number of hydrogen-bond acceptors (Lipinski definition) is 6. The number of sulfonamides is 1. The molecule has 1 saturated carbocycles. The van der Waals surface area contributed by atoms with Gasteiger partial charge in [-0.1, -0.05) is 36.1 Å². The van der Waals surface area contributed by atoms with Gasteiger partial charge in [-0.25, -0.2) is 8.42 Å². The van der Waals surface area contributed by atoms with Crippen LogP contribution in [0.4, 0.5) is 17.1 Å². The van der Waals surface area contributed by atoms with Crippen molar-refractivity contribution in [3.05, 3.63) is 59.2 Å². The van der Waals surface area contributed by atoms with Gasteiger partial charge in [0.1, 0.15) is 7.14 Å². The third-order valence-electron chi connectivity index (χ3n) is 7.93. The van der Waals surface area contributed by atoms with Crippen molar-refractivity contribution in [3.63, 3.8) is 0 Å². The molecule has 212 valence electrons. The molecule has 4 rings (SSSR count). The normalized spacial score (nSPS) is 18.1. The fourth-order valence-corrected chi connectivity index (χ4v) is 8.96. The SMILES string of the molecule is CC(C)=C1CCN(c2cc(NS(=O)(=O)CCO)ccc2C(=O)Nc2cccc(P(C)(=O)C3CCCC3)c2)CC1. The Morgan fingerprint density at radius 3 is 2.38 bits per heavy atom. The van der Waals surface area contributed by atoms with Crippen molar-refractivity contribution in [2.24, 2.45) is 0 Å². The van der Waals surface area contributed by atoms with Crippen LogP contribution >= 0.6 is 7.14 Å². The molecule has 0 spiro atoms. The quantitative estimate of drug-likeness (QED) is 0.282. The standard InChI is InChI=1S/C29H40N3O5PS/c1-21(2)22-13-15-32(16-14-22)28-20-24(31-39(36,37)18-17-33)11-12-27(28)29(34)30-23-7-6-10-26(19-23)38(3,35)25-8-4-5-9-25/h6-7,10-12,19-20,25,31,33H,4-5,8-9,13-18H2,1-3H3,(H,30,34). The zero-order valence-corrected chi connectivity index (χ0v) is 24.8. The molecule has 0 radical (unpaired) electrons. The van der Waals surface area contributed by atoms with E-state index >= 15 is 0 Å². The number of hydrogen-bond donors (Lipinski definition) is 3. The Bertz CT molecular complexity index is 1390. The summed E-state index contributed by atoms with van der Waals surface area (Å²) < 4.78 is 40.7. The highest BCUT2D eigenvalue weighted by atomic mass is 32.2. The molecule has 39 heavy (non-hydrogen) atoms. The van der Waals surface area contributed by atoms with Gasteiger partial charge in [-0.05, 0) is 76.5 Å². The molecule has 1 heterocycles. The molecule has 2 aromatic carbocycles. The van der Waals surface area contributed by atoms with Crippen LogP contribution in [0.15, 0.2) is 53.6 Å². The lowest BCUT2D eigenvalue weighted by atomic mass is 9.98. The van der Waals surface area contributed by atoms with Crippen molar-refractivity contribution in [2.45, 2.75) is 58.0 Å². The fourth-order valence-electron chi connectivity index (χ4n) is 5.58. The number of amides is 1. The van der Waals surface area contributed by atoms with Crippen LogP contribution in [0.1, 0.15) is 62.7 Å². The predicted molar refractivity (Wildman–Crippen MR) is 161 cm³/mol. The van der Waals surface area contributed by atoms with E-state index in [1.165, 1.54) is 11.1 Å². The summed E-state index contributed by atoms with van der Waals surface area (Å²) in [6.45, 7) is 7.01. The van der Waals surface area contributed by atoms with Gasteiger partial charge in [-0.3, -0.25) is 9.52 Å². The van der Waals surface area contributed by atoms with Crippen LogP contribution < -0.4 is 20.2 Å². The summed E-state index contributed by atoms with van der Waals surface area (Å²) in [5.41, 5.74) is 4.91. The minimum atomic E-state index is -3.71. The molecule has 1 atom stereocenters. The minimum absolute atomic E-state index is 0.196. The number of benzene rings is 2. The molecule has 1 amide bonds. The van der Waals surface area contributed by atoms with Gasteiger partial charge < -0.3 is 19.9 Å². The van der Waals surface area contributed by atoms with E-state index in [1.54, 1.807) is 24.3 Å². The molecule has 0 bridgehead atoms. The van der Waals surface area contributed by atoms with Gasteiger partial charge in [-0.15, -0.1) is 0 Å². The van der Waals surface area contributed by atoms with Crippen LogP contribution in [0, 0.1) is 0 Å². The van der Waals surface area contributed by atoms with Crippen molar-refractivity contribution in [1.29, 1.82) is 0 Å². The highest BCUT2D eigenvalue weighted by Crippen LogP contribution is 2.52. The van der Waals surface area contributed by atoms with Crippen LogP contribution in [-0.2, 0) is 14.6 Å². The monoisotopic (exact) mass is 573 g/mol. The van der Waals surface area contributed by atoms with Crippen molar-refractivity contribution in [3.8, 4) is 0 Å². The summed E-state index contributed by atoms with van der Waals surface area (Å²) >= 11 is 0. The maximum atomic E-state index is 13.7. The van der Waals surface area contributed by atoms with Gasteiger partial charge in [0.05, 0.1) is 29.3 Å². The highest BCUT2D eigenvalue weighted by Gasteiger charge is 2.32. The second-order valence-corrected chi connectivity index (χ2v) is 16.0. The van der Waals surface area contributed by atoms with Crippen LogP contribution in [-0.4, -0.2) is 57.2 Å². The van der Waals surface area contributed by atoms with E-state index in [2.05, 4.69) is 28.8 Å². The first kappa shape index (κ1) is 29.4. The summed E-state index contributed by atoms with van der Waals surface area (Å²) in [6, 6.07) is 12.2. The largest absolute Gasteiger partial charge is 0.395 e. The smallest absolute Gasteiger partial charge is 0.257 e. The van der Waals surface area contributed by atoms with Crippen molar-refractivity contribution >= 4 is 45.4 Å². The number of carbonyl (C=O) groups excluding carboxylic acids is 1. The van der Waals surface area contributed by atoms with E-state index < -0.39 is 29.5 Å². The molecule has 3 N–H and O–H groups in total. The second-order valence-electron chi connectivity index (χ2n) is 10.9. The highest BCUT2D eigenvalue weighted by molar-refractivity contribution is 7.92. The average Bonchev–Trinajstić information content (AvgIpc) is 3.45. The number of aliphatic hydroxyl groups is 1. The lowest BCUT2D eigenvalue weighted by Crippen LogP contribution is -2.33. The number of anilines is 3. The van der Waals surface area contributed by atoms with Gasteiger partial charge in [0, 0.05) is 29.7 Å². The fraction of sp³-hybridized carbons (Fsp3) is 0.483. The van der Waals surface area contributed by atoms with Crippen LogP contribution in [0.25, 0.3) is 0 Å². The Labute approximate surface area is 232 Å². The second kappa shape index (κ2) is 12.3. The molecule has 2 aromatic rings. The van der Waals surface area contributed by atoms with E-state index in [0.717, 1.165) is 43.8 Å². The molecule has 1 saturated heterocycles. The summed E-state index contributed by atoms with van der Waals surface area (Å²) in [5, 5.41) is 12.9. The third kappa shape index (κ3) is 7.13. The van der Waals surface area contributed by atoms with E-state index in [1.807, 2.05) is 24.9 Å². The van der Waals surface area contributed by atoms with Crippen LogP contribution in [0.2, 0.25) is 0 Å². The number of aliphatic hydroxyl groups excluding tert-OH is 1. The van der Waals surface area contributed by atoms with E-state index in [4.69, 9.17) is 5.11 Å². The summed E-state index contributed by atoms with van der Waals surface area (Å²) in [5.74, 6) is -0.719. The Balaban J connectivity index is 1.62. The van der Waals surface area contributed by atoms with E-state index in [0.29, 0.717) is 35.7 Å². The zero-order chi connectivity index (χ0) is 28.2. The van der Waals surface area contributed by atoms with Gasteiger partial charge in [-0.2, -0.15) is 0 Å².